The number of nitrogens with one attached hydrogen (secondary N) is 2. The summed E-state index contributed by atoms with van der Waals surface area (Å²) in [5.41, 5.74) is 1.50. The van der Waals surface area contributed by atoms with Crippen LogP contribution in [-0.4, -0.2) is 23.5 Å². The fourth-order valence-corrected chi connectivity index (χ4v) is 2.73. The highest BCUT2D eigenvalue weighted by atomic mass is 16.1. The third-order valence-electron chi connectivity index (χ3n) is 4.05. The molecule has 0 atom stereocenters. The van der Waals surface area contributed by atoms with Crippen molar-refractivity contribution in [1.29, 1.82) is 0 Å². The number of rotatable bonds is 6. The monoisotopic (exact) mass is 289 g/mol. The SMILES string of the molecule is CCCCNc1ccc(C(=O)NC2CCCCCC2)nc1. The van der Waals surface area contributed by atoms with Gasteiger partial charge in [0.05, 0.1) is 11.9 Å². The van der Waals surface area contributed by atoms with Gasteiger partial charge in [-0.1, -0.05) is 39.0 Å². The van der Waals surface area contributed by atoms with Gasteiger partial charge in [-0.3, -0.25) is 4.79 Å². The van der Waals surface area contributed by atoms with Crippen LogP contribution in [0.25, 0.3) is 0 Å². The maximum Gasteiger partial charge on any atom is 0.270 e. The van der Waals surface area contributed by atoms with Crippen LogP contribution in [0.4, 0.5) is 5.69 Å². The van der Waals surface area contributed by atoms with Gasteiger partial charge >= 0.3 is 0 Å². The lowest BCUT2D eigenvalue weighted by molar-refractivity contribution is 0.0928. The molecule has 0 aliphatic heterocycles. The van der Waals surface area contributed by atoms with Crippen LogP contribution in [-0.2, 0) is 0 Å². The van der Waals surface area contributed by atoms with E-state index in [1.54, 1.807) is 12.3 Å². The molecule has 1 aromatic rings. The van der Waals surface area contributed by atoms with Crippen molar-refractivity contribution in [1.82, 2.24) is 10.3 Å². The second-order valence-electron chi connectivity index (χ2n) is 5.87. The second-order valence-corrected chi connectivity index (χ2v) is 5.87. The molecule has 2 N–H and O–H groups in total. The van der Waals surface area contributed by atoms with Gasteiger partial charge in [-0.2, -0.15) is 0 Å². The molecule has 0 aromatic carbocycles. The first-order chi connectivity index (χ1) is 10.3. The van der Waals surface area contributed by atoms with E-state index in [0.717, 1.165) is 31.5 Å². The number of carbonyl (C=O) groups excluding carboxylic acids is 1. The molecular weight excluding hydrogens is 262 g/mol. The first-order valence-electron chi connectivity index (χ1n) is 8.30. The predicted octanol–water partition coefficient (Wildman–Crippen LogP) is 3.75. The van der Waals surface area contributed by atoms with Gasteiger partial charge in [0.2, 0.25) is 0 Å². The standard InChI is InChI=1S/C17H27N3O/c1-2-3-12-18-15-10-11-16(19-13-15)17(21)20-14-8-6-4-5-7-9-14/h10-11,13-14,18H,2-9,12H2,1H3,(H,20,21). The van der Waals surface area contributed by atoms with Gasteiger partial charge in [0.15, 0.2) is 0 Å². The summed E-state index contributed by atoms with van der Waals surface area (Å²) in [6, 6.07) is 4.06. The molecule has 1 heterocycles. The van der Waals surface area contributed by atoms with Crippen LogP contribution in [0.5, 0.6) is 0 Å². The van der Waals surface area contributed by atoms with E-state index < -0.39 is 0 Å². The molecule has 1 aromatic heterocycles. The molecular formula is C17H27N3O. The fourth-order valence-electron chi connectivity index (χ4n) is 2.73. The minimum atomic E-state index is -0.0398. The van der Waals surface area contributed by atoms with E-state index >= 15 is 0 Å². The first-order valence-corrected chi connectivity index (χ1v) is 8.30. The summed E-state index contributed by atoms with van der Waals surface area (Å²) in [4.78, 5) is 16.5. The van der Waals surface area contributed by atoms with Crippen molar-refractivity contribution in [2.45, 2.75) is 64.3 Å². The number of carbonyl (C=O) groups is 1. The molecule has 0 radical (unpaired) electrons. The molecule has 1 saturated carbocycles. The maximum atomic E-state index is 12.2. The summed E-state index contributed by atoms with van der Waals surface area (Å²) >= 11 is 0. The summed E-state index contributed by atoms with van der Waals surface area (Å²) in [5.74, 6) is -0.0398. The molecule has 0 unspecified atom stereocenters. The molecule has 21 heavy (non-hydrogen) atoms. The van der Waals surface area contributed by atoms with Crippen LogP contribution >= 0.6 is 0 Å². The third-order valence-corrected chi connectivity index (χ3v) is 4.05. The van der Waals surface area contributed by atoms with Crippen LogP contribution in [0, 0.1) is 0 Å². The van der Waals surface area contributed by atoms with Gasteiger partial charge in [0.1, 0.15) is 5.69 Å². The lowest BCUT2D eigenvalue weighted by Crippen LogP contribution is -2.34. The normalized spacial score (nSPS) is 16.2. The summed E-state index contributed by atoms with van der Waals surface area (Å²) in [6.45, 7) is 3.12. The molecule has 4 nitrogen and oxygen atoms in total. The Morgan fingerprint density at radius 1 is 1.24 bits per heavy atom. The van der Waals surface area contributed by atoms with Crippen LogP contribution in [0.2, 0.25) is 0 Å². The quantitative estimate of drug-likeness (QED) is 0.619. The second kappa shape index (κ2) is 8.65. The zero-order chi connectivity index (χ0) is 14.9. The Morgan fingerprint density at radius 2 is 2.00 bits per heavy atom. The molecule has 4 heteroatoms. The average Bonchev–Trinajstić information content (AvgIpc) is 2.77. The van der Waals surface area contributed by atoms with Crippen LogP contribution < -0.4 is 10.6 Å². The largest absolute Gasteiger partial charge is 0.384 e. The minimum Gasteiger partial charge on any atom is -0.384 e. The van der Waals surface area contributed by atoms with Gasteiger partial charge in [-0.25, -0.2) is 4.98 Å². The Labute approximate surface area is 127 Å². The Hall–Kier alpha value is -1.58. The van der Waals surface area contributed by atoms with E-state index in [1.165, 1.54) is 32.1 Å². The predicted molar refractivity (Wildman–Crippen MR) is 86.6 cm³/mol. The zero-order valence-electron chi connectivity index (χ0n) is 13.0. The summed E-state index contributed by atoms with van der Waals surface area (Å²) < 4.78 is 0. The number of hydrogen-bond acceptors (Lipinski definition) is 3. The number of pyridine rings is 1. The molecule has 116 valence electrons. The highest BCUT2D eigenvalue weighted by Gasteiger charge is 2.16. The van der Waals surface area contributed by atoms with Crippen molar-refractivity contribution < 1.29 is 4.79 Å². The lowest BCUT2D eigenvalue weighted by Gasteiger charge is -2.16. The summed E-state index contributed by atoms with van der Waals surface area (Å²) in [7, 11) is 0. The molecule has 0 saturated heterocycles. The zero-order valence-corrected chi connectivity index (χ0v) is 13.0. The molecule has 1 fully saturated rings. The Morgan fingerprint density at radius 3 is 2.62 bits per heavy atom. The highest BCUT2D eigenvalue weighted by Crippen LogP contribution is 2.17. The lowest BCUT2D eigenvalue weighted by atomic mass is 10.1. The number of anilines is 1. The molecule has 0 spiro atoms. The van der Waals surface area contributed by atoms with Crippen LogP contribution in [0.15, 0.2) is 18.3 Å². The van der Waals surface area contributed by atoms with Crippen molar-refractivity contribution in [3.8, 4) is 0 Å². The van der Waals surface area contributed by atoms with Crippen LogP contribution in [0.1, 0.15) is 68.8 Å². The van der Waals surface area contributed by atoms with Gasteiger partial charge in [-0.05, 0) is 31.4 Å². The molecule has 1 amide bonds. The number of amides is 1. The van der Waals surface area contributed by atoms with Crippen molar-refractivity contribution in [3.63, 3.8) is 0 Å². The van der Waals surface area contributed by atoms with E-state index in [0.29, 0.717) is 11.7 Å². The van der Waals surface area contributed by atoms with Crippen molar-refractivity contribution in [2.24, 2.45) is 0 Å². The fraction of sp³-hybridized carbons (Fsp3) is 0.647. The maximum absolute atomic E-state index is 12.2. The number of hydrogen-bond donors (Lipinski definition) is 2. The van der Waals surface area contributed by atoms with E-state index in [1.807, 2.05) is 6.07 Å². The average molecular weight is 289 g/mol. The van der Waals surface area contributed by atoms with E-state index in [9.17, 15) is 4.79 Å². The molecule has 0 bridgehead atoms. The van der Waals surface area contributed by atoms with E-state index in [-0.39, 0.29) is 5.91 Å². The highest BCUT2D eigenvalue weighted by molar-refractivity contribution is 5.92. The van der Waals surface area contributed by atoms with Crippen molar-refractivity contribution >= 4 is 11.6 Å². The van der Waals surface area contributed by atoms with E-state index in [4.69, 9.17) is 0 Å². The van der Waals surface area contributed by atoms with Crippen LogP contribution in [0.3, 0.4) is 0 Å². The third kappa shape index (κ3) is 5.37. The Balaban J connectivity index is 1.84. The minimum absolute atomic E-state index is 0.0398. The smallest absolute Gasteiger partial charge is 0.270 e. The number of unbranched alkanes of at least 4 members (excludes halogenated alkanes) is 1. The van der Waals surface area contributed by atoms with Gasteiger partial charge in [-0.15, -0.1) is 0 Å². The Bertz CT molecular complexity index is 422. The summed E-state index contributed by atoms with van der Waals surface area (Å²) in [5, 5.41) is 6.43. The molecule has 1 aliphatic rings. The Kier molecular flexibility index (Phi) is 6.51. The topological polar surface area (TPSA) is 54.0 Å². The summed E-state index contributed by atoms with van der Waals surface area (Å²) in [6.07, 6.45) is 11.3. The van der Waals surface area contributed by atoms with Crippen molar-refractivity contribution in [2.75, 3.05) is 11.9 Å². The van der Waals surface area contributed by atoms with Gasteiger partial charge in [0, 0.05) is 12.6 Å². The number of nitrogens with zero attached hydrogens (tertiary/aromatic N) is 1. The van der Waals surface area contributed by atoms with Gasteiger partial charge in [0.25, 0.3) is 5.91 Å². The molecule has 2 rings (SSSR count). The van der Waals surface area contributed by atoms with Gasteiger partial charge < -0.3 is 10.6 Å². The molecule has 1 aliphatic carbocycles. The number of aromatic nitrogens is 1. The first kappa shape index (κ1) is 15.8. The van der Waals surface area contributed by atoms with Crippen molar-refractivity contribution in [3.05, 3.63) is 24.0 Å². The van der Waals surface area contributed by atoms with E-state index in [2.05, 4.69) is 22.5 Å².